The van der Waals surface area contributed by atoms with Crippen LogP contribution >= 0.6 is 0 Å². The van der Waals surface area contributed by atoms with Crippen LogP contribution < -0.4 is 4.90 Å². The van der Waals surface area contributed by atoms with Gasteiger partial charge in [-0.2, -0.15) is 0 Å². The Labute approximate surface area is 161 Å². The van der Waals surface area contributed by atoms with Gasteiger partial charge in [-0.15, -0.1) is 0 Å². The van der Waals surface area contributed by atoms with Crippen molar-refractivity contribution in [3.63, 3.8) is 0 Å². The molecule has 2 nitrogen and oxygen atoms in total. The maximum Gasteiger partial charge on any atom is 0.0801 e. The van der Waals surface area contributed by atoms with E-state index in [0.717, 1.165) is 18.0 Å². The number of rotatable bonds is 3. The first-order valence-electron chi connectivity index (χ1n) is 11.3. The molecule has 0 spiro atoms. The van der Waals surface area contributed by atoms with Crippen molar-refractivity contribution >= 4 is 5.69 Å². The van der Waals surface area contributed by atoms with Gasteiger partial charge >= 0.3 is 0 Å². The van der Waals surface area contributed by atoms with Gasteiger partial charge in [-0.25, -0.2) is 0 Å². The summed E-state index contributed by atoms with van der Waals surface area (Å²) in [6, 6.07) is 11.2. The molecule has 1 heterocycles. The third kappa shape index (κ3) is 3.30. The van der Waals surface area contributed by atoms with Crippen molar-refractivity contribution in [1.29, 1.82) is 0 Å². The van der Waals surface area contributed by atoms with Crippen LogP contribution in [0.4, 0.5) is 5.69 Å². The molecule has 3 aliphatic rings. The standard InChI is InChI=1S/C24H38N2/c1-18-12-10-11-17-23(18)25-19(2)24(21-13-6-4-7-14-21)26(20(25)3)22-15-8-5-9-16-22/h10-12,17,19-22,24H,4-9,13-16H2,1-3H3/t19-,20?,24?/m0/s1. The number of anilines is 1. The maximum atomic E-state index is 2.99. The van der Waals surface area contributed by atoms with Gasteiger partial charge < -0.3 is 4.90 Å². The molecule has 4 rings (SSSR count). The molecule has 3 atom stereocenters. The van der Waals surface area contributed by atoms with Crippen LogP contribution in [0.3, 0.4) is 0 Å². The molecule has 0 amide bonds. The fraction of sp³-hybridized carbons (Fsp3) is 0.750. The van der Waals surface area contributed by atoms with Gasteiger partial charge in [-0.05, 0) is 64.0 Å². The van der Waals surface area contributed by atoms with E-state index < -0.39 is 0 Å². The monoisotopic (exact) mass is 354 g/mol. The zero-order valence-corrected chi connectivity index (χ0v) is 17.2. The van der Waals surface area contributed by atoms with E-state index in [1.165, 1.54) is 75.5 Å². The molecule has 2 unspecified atom stereocenters. The summed E-state index contributed by atoms with van der Waals surface area (Å²) in [7, 11) is 0. The first kappa shape index (κ1) is 18.3. The molecule has 0 radical (unpaired) electrons. The molecule has 1 aromatic carbocycles. The Kier molecular flexibility index (Phi) is 5.59. The van der Waals surface area contributed by atoms with Crippen molar-refractivity contribution in [3.8, 4) is 0 Å². The van der Waals surface area contributed by atoms with Gasteiger partial charge in [0, 0.05) is 23.8 Å². The van der Waals surface area contributed by atoms with Gasteiger partial charge in [0.1, 0.15) is 0 Å². The number of hydrogen-bond donors (Lipinski definition) is 0. The lowest BCUT2D eigenvalue weighted by molar-refractivity contribution is 0.0608. The van der Waals surface area contributed by atoms with E-state index >= 15 is 0 Å². The molecule has 1 saturated heterocycles. The van der Waals surface area contributed by atoms with Crippen LogP contribution in [0.15, 0.2) is 24.3 Å². The van der Waals surface area contributed by atoms with Crippen LogP contribution in [0.5, 0.6) is 0 Å². The van der Waals surface area contributed by atoms with Crippen LogP contribution in [0.25, 0.3) is 0 Å². The average molecular weight is 355 g/mol. The van der Waals surface area contributed by atoms with Crippen molar-refractivity contribution in [2.45, 2.75) is 109 Å². The van der Waals surface area contributed by atoms with E-state index in [1.807, 2.05) is 0 Å². The summed E-state index contributed by atoms with van der Waals surface area (Å²) in [4.78, 5) is 5.76. The van der Waals surface area contributed by atoms with E-state index in [1.54, 1.807) is 0 Å². The zero-order chi connectivity index (χ0) is 18.1. The highest BCUT2D eigenvalue weighted by Gasteiger charge is 2.48. The molecule has 26 heavy (non-hydrogen) atoms. The number of aryl methyl sites for hydroxylation is 1. The molecular weight excluding hydrogens is 316 g/mol. The topological polar surface area (TPSA) is 6.48 Å². The number of benzene rings is 1. The number of para-hydroxylation sites is 1. The molecule has 1 aromatic rings. The van der Waals surface area contributed by atoms with Crippen molar-refractivity contribution < 1.29 is 0 Å². The fourth-order valence-electron chi connectivity index (χ4n) is 6.46. The maximum absolute atomic E-state index is 2.99. The van der Waals surface area contributed by atoms with Crippen LogP contribution in [0.2, 0.25) is 0 Å². The Morgan fingerprint density at radius 2 is 1.42 bits per heavy atom. The molecule has 0 N–H and O–H groups in total. The molecule has 0 bridgehead atoms. The predicted octanol–water partition coefficient (Wildman–Crippen LogP) is 6.13. The van der Waals surface area contributed by atoms with Crippen molar-refractivity contribution in [2.24, 2.45) is 5.92 Å². The van der Waals surface area contributed by atoms with E-state index in [9.17, 15) is 0 Å². The summed E-state index contributed by atoms with van der Waals surface area (Å²) >= 11 is 0. The molecule has 1 aliphatic heterocycles. The average Bonchev–Trinajstić information content (AvgIpc) is 2.94. The van der Waals surface area contributed by atoms with Gasteiger partial charge in [0.15, 0.2) is 0 Å². The first-order chi connectivity index (χ1) is 12.7. The molecule has 144 valence electrons. The minimum absolute atomic E-state index is 0.529. The van der Waals surface area contributed by atoms with Crippen molar-refractivity contribution in [1.82, 2.24) is 4.90 Å². The molecule has 2 heteroatoms. The third-order valence-corrected chi connectivity index (χ3v) is 7.63. The Hall–Kier alpha value is -1.02. The lowest BCUT2D eigenvalue weighted by atomic mass is 9.80. The van der Waals surface area contributed by atoms with E-state index in [2.05, 4.69) is 54.8 Å². The summed E-state index contributed by atoms with van der Waals surface area (Å²) in [5.41, 5.74) is 2.89. The third-order valence-electron chi connectivity index (χ3n) is 7.63. The van der Waals surface area contributed by atoms with Gasteiger partial charge in [0.25, 0.3) is 0 Å². The summed E-state index contributed by atoms with van der Waals surface area (Å²) in [6.45, 7) is 7.29. The largest absolute Gasteiger partial charge is 0.352 e. The van der Waals surface area contributed by atoms with Crippen LogP contribution in [-0.4, -0.2) is 29.2 Å². The summed E-state index contributed by atoms with van der Waals surface area (Å²) < 4.78 is 0. The van der Waals surface area contributed by atoms with Crippen LogP contribution in [-0.2, 0) is 0 Å². The minimum Gasteiger partial charge on any atom is -0.352 e. The summed E-state index contributed by atoms with van der Waals surface area (Å²) in [6.07, 6.45) is 14.9. The van der Waals surface area contributed by atoms with Crippen molar-refractivity contribution in [2.75, 3.05) is 4.90 Å². The van der Waals surface area contributed by atoms with E-state index in [-0.39, 0.29) is 0 Å². The zero-order valence-electron chi connectivity index (χ0n) is 17.2. The van der Waals surface area contributed by atoms with Gasteiger partial charge in [-0.3, -0.25) is 4.90 Å². The molecular formula is C24H38N2. The smallest absolute Gasteiger partial charge is 0.0801 e. The highest BCUT2D eigenvalue weighted by Crippen LogP contribution is 2.43. The predicted molar refractivity (Wildman–Crippen MR) is 112 cm³/mol. The Morgan fingerprint density at radius 1 is 0.808 bits per heavy atom. The highest BCUT2D eigenvalue weighted by molar-refractivity contribution is 5.56. The van der Waals surface area contributed by atoms with E-state index in [0.29, 0.717) is 12.2 Å². The quantitative estimate of drug-likeness (QED) is 0.644. The highest BCUT2D eigenvalue weighted by atomic mass is 15.5. The van der Waals surface area contributed by atoms with E-state index in [4.69, 9.17) is 0 Å². The Balaban J connectivity index is 1.68. The Morgan fingerprint density at radius 3 is 2.08 bits per heavy atom. The normalized spacial score (nSPS) is 32.3. The SMILES string of the molecule is Cc1ccccc1N1C(C)N(C2CCCCC2)C(C2CCCCC2)[C@@H]1C. The lowest BCUT2D eigenvalue weighted by Crippen LogP contribution is -2.49. The fourth-order valence-corrected chi connectivity index (χ4v) is 6.46. The Bertz CT molecular complexity index is 556. The first-order valence-corrected chi connectivity index (χ1v) is 11.3. The summed E-state index contributed by atoms with van der Waals surface area (Å²) in [5, 5.41) is 0. The summed E-state index contributed by atoms with van der Waals surface area (Å²) in [5.74, 6) is 0.900. The number of hydrogen-bond acceptors (Lipinski definition) is 2. The minimum atomic E-state index is 0.529. The lowest BCUT2D eigenvalue weighted by Gasteiger charge is -2.42. The second-order valence-electron chi connectivity index (χ2n) is 9.19. The molecule has 2 saturated carbocycles. The van der Waals surface area contributed by atoms with Crippen molar-refractivity contribution in [3.05, 3.63) is 29.8 Å². The molecule has 2 aliphatic carbocycles. The van der Waals surface area contributed by atoms with Crippen LogP contribution in [0, 0.1) is 12.8 Å². The van der Waals surface area contributed by atoms with Gasteiger partial charge in [0.05, 0.1) is 6.17 Å². The van der Waals surface area contributed by atoms with Crippen LogP contribution in [0.1, 0.15) is 83.6 Å². The van der Waals surface area contributed by atoms with Gasteiger partial charge in [-0.1, -0.05) is 56.7 Å². The second kappa shape index (κ2) is 7.92. The molecule has 3 fully saturated rings. The molecule has 0 aromatic heterocycles. The second-order valence-corrected chi connectivity index (χ2v) is 9.19. The van der Waals surface area contributed by atoms with Gasteiger partial charge in [0.2, 0.25) is 0 Å². The number of nitrogens with zero attached hydrogens (tertiary/aromatic N) is 2.